The summed E-state index contributed by atoms with van der Waals surface area (Å²) in [5.41, 5.74) is 1.65. The number of benzene rings is 1. The zero-order valence-corrected chi connectivity index (χ0v) is 9.94. The number of hydrogen-bond donors (Lipinski definition) is 0. The highest BCUT2D eigenvalue weighted by molar-refractivity contribution is 5.96. The van der Waals surface area contributed by atoms with Gasteiger partial charge >= 0.3 is 5.97 Å². The van der Waals surface area contributed by atoms with Gasteiger partial charge in [-0.05, 0) is 12.0 Å². The third kappa shape index (κ3) is 4.23. The second kappa shape index (κ2) is 6.63. The van der Waals surface area contributed by atoms with Crippen LogP contribution in [0.15, 0.2) is 30.8 Å². The van der Waals surface area contributed by atoms with E-state index in [4.69, 9.17) is 0 Å². The fraction of sp³-hybridized carbons (Fsp3) is 0.286. The van der Waals surface area contributed by atoms with Crippen LogP contribution in [0.3, 0.4) is 0 Å². The molecule has 0 unspecified atom stereocenters. The number of hydrogen-bond acceptors (Lipinski definition) is 3. The van der Waals surface area contributed by atoms with E-state index in [9.17, 15) is 9.59 Å². The minimum Gasteiger partial charge on any atom is -0.469 e. The quantitative estimate of drug-likeness (QED) is 0.559. The SMILES string of the molecule is C=Cc1ccc(C(=O)CCCC(=O)OC)cc1. The maximum absolute atomic E-state index is 11.7. The molecule has 0 aliphatic heterocycles. The number of esters is 1. The first-order valence-corrected chi connectivity index (χ1v) is 5.50. The molecule has 0 saturated carbocycles. The Kier molecular flexibility index (Phi) is 5.14. The van der Waals surface area contributed by atoms with Crippen molar-refractivity contribution >= 4 is 17.8 Å². The van der Waals surface area contributed by atoms with Crippen LogP contribution in [0.4, 0.5) is 0 Å². The summed E-state index contributed by atoms with van der Waals surface area (Å²) in [7, 11) is 1.35. The lowest BCUT2D eigenvalue weighted by atomic mass is 10.0. The molecule has 0 N–H and O–H groups in total. The van der Waals surface area contributed by atoms with Gasteiger partial charge < -0.3 is 4.74 Å². The minimum atomic E-state index is -0.278. The zero-order valence-electron chi connectivity index (χ0n) is 9.94. The highest BCUT2D eigenvalue weighted by atomic mass is 16.5. The number of ether oxygens (including phenoxy) is 1. The van der Waals surface area contributed by atoms with Crippen LogP contribution >= 0.6 is 0 Å². The number of methoxy groups -OCH3 is 1. The minimum absolute atomic E-state index is 0.0458. The van der Waals surface area contributed by atoms with Gasteiger partial charge in [0.05, 0.1) is 7.11 Å². The molecular weight excluding hydrogens is 216 g/mol. The largest absolute Gasteiger partial charge is 0.469 e. The normalized spacial score (nSPS) is 9.71. The number of Topliss-reactive ketones (excluding diaryl/α,β-unsaturated/α-hetero) is 1. The Morgan fingerprint density at radius 2 is 1.88 bits per heavy atom. The third-order valence-corrected chi connectivity index (χ3v) is 2.48. The van der Waals surface area contributed by atoms with Crippen molar-refractivity contribution in [3.05, 3.63) is 42.0 Å². The summed E-state index contributed by atoms with van der Waals surface area (Å²) in [5, 5.41) is 0. The summed E-state index contributed by atoms with van der Waals surface area (Å²) in [6.45, 7) is 3.65. The van der Waals surface area contributed by atoms with Crippen molar-refractivity contribution in [1.29, 1.82) is 0 Å². The molecule has 1 rings (SSSR count). The molecule has 0 fully saturated rings. The van der Waals surface area contributed by atoms with E-state index in [2.05, 4.69) is 11.3 Å². The molecule has 0 saturated heterocycles. The summed E-state index contributed by atoms with van der Waals surface area (Å²) in [6, 6.07) is 7.25. The van der Waals surface area contributed by atoms with Crippen molar-refractivity contribution in [3.8, 4) is 0 Å². The molecule has 0 aliphatic carbocycles. The maximum Gasteiger partial charge on any atom is 0.305 e. The maximum atomic E-state index is 11.7. The first-order chi connectivity index (χ1) is 8.17. The summed E-state index contributed by atoms with van der Waals surface area (Å²) < 4.78 is 4.51. The lowest BCUT2D eigenvalue weighted by Gasteiger charge is -2.01. The predicted molar refractivity (Wildman–Crippen MR) is 66.7 cm³/mol. The summed E-state index contributed by atoms with van der Waals surface area (Å²) >= 11 is 0. The van der Waals surface area contributed by atoms with Crippen molar-refractivity contribution < 1.29 is 14.3 Å². The molecule has 3 nitrogen and oxygen atoms in total. The average Bonchev–Trinajstić information content (AvgIpc) is 2.38. The molecule has 0 amide bonds. The molecule has 0 bridgehead atoms. The molecule has 17 heavy (non-hydrogen) atoms. The smallest absolute Gasteiger partial charge is 0.305 e. The van der Waals surface area contributed by atoms with Gasteiger partial charge in [0.25, 0.3) is 0 Å². The van der Waals surface area contributed by atoms with Crippen LogP contribution in [0.5, 0.6) is 0 Å². The zero-order chi connectivity index (χ0) is 12.7. The van der Waals surface area contributed by atoms with E-state index in [1.807, 2.05) is 12.1 Å². The van der Waals surface area contributed by atoms with Crippen LogP contribution in [-0.4, -0.2) is 18.9 Å². The van der Waals surface area contributed by atoms with Crippen LogP contribution in [-0.2, 0) is 9.53 Å². The second-order valence-electron chi connectivity index (χ2n) is 3.68. The van der Waals surface area contributed by atoms with Crippen molar-refractivity contribution in [2.24, 2.45) is 0 Å². The molecule has 0 heterocycles. The van der Waals surface area contributed by atoms with E-state index in [1.54, 1.807) is 18.2 Å². The van der Waals surface area contributed by atoms with Crippen LogP contribution in [0, 0.1) is 0 Å². The molecule has 0 aromatic heterocycles. The molecule has 3 heteroatoms. The van der Waals surface area contributed by atoms with Crippen molar-refractivity contribution in [2.45, 2.75) is 19.3 Å². The summed E-state index contributed by atoms with van der Waals surface area (Å²) in [5.74, 6) is -0.232. The van der Waals surface area contributed by atoms with E-state index in [-0.39, 0.29) is 18.2 Å². The topological polar surface area (TPSA) is 43.4 Å². The van der Waals surface area contributed by atoms with Crippen LogP contribution in [0.2, 0.25) is 0 Å². The Labute approximate surface area is 101 Å². The first-order valence-electron chi connectivity index (χ1n) is 5.50. The van der Waals surface area contributed by atoms with Crippen molar-refractivity contribution in [2.75, 3.05) is 7.11 Å². The molecule has 90 valence electrons. The van der Waals surface area contributed by atoms with Crippen molar-refractivity contribution in [3.63, 3.8) is 0 Å². The van der Waals surface area contributed by atoms with E-state index in [0.29, 0.717) is 18.4 Å². The van der Waals surface area contributed by atoms with Gasteiger partial charge in [-0.3, -0.25) is 9.59 Å². The van der Waals surface area contributed by atoms with Crippen LogP contribution < -0.4 is 0 Å². The van der Waals surface area contributed by atoms with Gasteiger partial charge in [-0.15, -0.1) is 0 Å². The standard InChI is InChI=1S/C14H16O3/c1-3-11-7-9-12(10-8-11)13(15)5-4-6-14(16)17-2/h3,7-10H,1,4-6H2,2H3. The number of ketones is 1. The van der Waals surface area contributed by atoms with Crippen LogP contribution in [0.1, 0.15) is 35.2 Å². The summed E-state index contributed by atoms with van der Waals surface area (Å²) in [4.78, 5) is 22.6. The van der Waals surface area contributed by atoms with Gasteiger partial charge in [0.1, 0.15) is 0 Å². The molecule has 0 aliphatic rings. The molecule has 0 spiro atoms. The molecular formula is C14H16O3. The van der Waals surface area contributed by atoms with Gasteiger partial charge in [-0.1, -0.05) is 36.9 Å². The fourth-order valence-corrected chi connectivity index (χ4v) is 1.44. The number of carbonyl (C=O) groups excluding carboxylic acids is 2. The second-order valence-corrected chi connectivity index (χ2v) is 3.68. The highest BCUT2D eigenvalue weighted by Gasteiger charge is 2.07. The Balaban J connectivity index is 2.46. The monoisotopic (exact) mass is 232 g/mol. The van der Waals surface area contributed by atoms with E-state index >= 15 is 0 Å². The predicted octanol–water partition coefficient (Wildman–Crippen LogP) is 2.86. The lowest BCUT2D eigenvalue weighted by molar-refractivity contribution is -0.140. The first kappa shape index (κ1) is 13.2. The van der Waals surface area contributed by atoms with E-state index in [0.717, 1.165) is 5.56 Å². The molecule has 0 radical (unpaired) electrons. The molecule has 1 aromatic rings. The lowest BCUT2D eigenvalue weighted by Crippen LogP contribution is -2.03. The summed E-state index contributed by atoms with van der Waals surface area (Å²) in [6.07, 6.45) is 2.90. The van der Waals surface area contributed by atoms with Gasteiger partial charge in [-0.25, -0.2) is 0 Å². The molecule has 1 aromatic carbocycles. The van der Waals surface area contributed by atoms with Gasteiger partial charge in [-0.2, -0.15) is 0 Å². The number of rotatable bonds is 6. The Hall–Kier alpha value is -1.90. The van der Waals surface area contributed by atoms with E-state index in [1.165, 1.54) is 7.11 Å². The fourth-order valence-electron chi connectivity index (χ4n) is 1.44. The van der Waals surface area contributed by atoms with Gasteiger partial charge in [0, 0.05) is 18.4 Å². The Bertz CT molecular complexity index is 404. The Morgan fingerprint density at radius 3 is 2.41 bits per heavy atom. The van der Waals surface area contributed by atoms with Crippen LogP contribution in [0.25, 0.3) is 6.08 Å². The van der Waals surface area contributed by atoms with Gasteiger partial charge in [0.15, 0.2) is 5.78 Å². The molecule has 0 atom stereocenters. The Morgan fingerprint density at radius 1 is 1.24 bits per heavy atom. The van der Waals surface area contributed by atoms with Gasteiger partial charge in [0.2, 0.25) is 0 Å². The average molecular weight is 232 g/mol. The number of carbonyl (C=O) groups is 2. The highest BCUT2D eigenvalue weighted by Crippen LogP contribution is 2.10. The van der Waals surface area contributed by atoms with Crippen molar-refractivity contribution in [1.82, 2.24) is 0 Å². The van der Waals surface area contributed by atoms with E-state index < -0.39 is 0 Å². The third-order valence-electron chi connectivity index (χ3n) is 2.48.